The van der Waals surface area contributed by atoms with E-state index in [0.717, 1.165) is 0 Å². The van der Waals surface area contributed by atoms with Crippen molar-refractivity contribution < 1.29 is 23.9 Å². The summed E-state index contributed by atoms with van der Waals surface area (Å²) in [6.45, 7) is 2.51. The van der Waals surface area contributed by atoms with Crippen LogP contribution in [0.1, 0.15) is 36.0 Å². The quantitative estimate of drug-likeness (QED) is 0.816. The molecule has 0 radical (unpaired) electrons. The first-order valence-corrected chi connectivity index (χ1v) is 9.45. The molecule has 1 heterocycles. The molecular formula is C20H26N2O5. The molecule has 1 aliphatic carbocycles. The summed E-state index contributed by atoms with van der Waals surface area (Å²) in [7, 11) is 1.31. The Balaban J connectivity index is 1.54. The minimum Gasteiger partial charge on any atom is -0.465 e. The second kappa shape index (κ2) is 8.99. The van der Waals surface area contributed by atoms with E-state index in [9.17, 15) is 14.4 Å². The standard InChI is InChI=1S/C20H26N2O5/c1-26-20(25)16-4-2-3-5-17(16)21-18(23)14-6-8-15(9-7-14)19(24)22-10-12-27-13-11-22/h2-5,14-15H,6-13H2,1H3,(H,21,23). The van der Waals surface area contributed by atoms with E-state index in [0.29, 0.717) is 63.2 Å². The van der Waals surface area contributed by atoms with E-state index in [1.807, 2.05) is 4.90 Å². The van der Waals surface area contributed by atoms with E-state index in [2.05, 4.69) is 5.32 Å². The lowest BCUT2D eigenvalue weighted by molar-refractivity contribution is -0.141. The first-order chi connectivity index (χ1) is 13.1. The second-order valence-electron chi connectivity index (χ2n) is 7.01. The smallest absolute Gasteiger partial charge is 0.339 e. The van der Waals surface area contributed by atoms with E-state index in [1.165, 1.54) is 7.11 Å². The molecule has 0 aromatic heterocycles. The Kier molecular flexibility index (Phi) is 6.45. The number of nitrogens with one attached hydrogen (secondary N) is 1. The van der Waals surface area contributed by atoms with Crippen LogP contribution in [0.25, 0.3) is 0 Å². The minimum absolute atomic E-state index is 0.00509. The number of benzene rings is 1. The van der Waals surface area contributed by atoms with Crippen molar-refractivity contribution >= 4 is 23.5 Å². The third-order valence-corrected chi connectivity index (χ3v) is 5.36. The van der Waals surface area contributed by atoms with Gasteiger partial charge in [-0.05, 0) is 37.8 Å². The van der Waals surface area contributed by atoms with Gasteiger partial charge in [-0.25, -0.2) is 4.79 Å². The Morgan fingerprint density at radius 2 is 1.67 bits per heavy atom. The van der Waals surface area contributed by atoms with Gasteiger partial charge in [0.05, 0.1) is 31.6 Å². The van der Waals surface area contributed by atoms with Gasteiger partial charge in [-0.2, -0.15) is 0 Å². The molecule has 1 N–H and O–H groups in total. The Hall–Kier alpha value is -2.41. The van der Waals surface area contributed by atoms with Crippen molar-refractivity contribution in [2.24, 2.45) is 11.8 Å². The SMILES string of the molecule is COC(=O)c1ccccc1NC(=O)C1CCC(C(=O)N2CCOCC2)CC1. The predicted molar refractivity (Wildman–Crippen MR) is 99.3 cm³/mol. The number of nitrogens with zero attached hydrogens (tertiary/aromatic N) is 1. The maximum Gasteiger partial charge on any atom is 0.339 e. The minimum atomic E-state index is -0.481. The number of anilines is 1. The maximum atomic E-state index is 12.6. The number of hydrogen-bond donors (Lipinski definition) is 1. The molecule has 0 bridgehead atoms. The zero-order valence-corrected chi connectivity index (χ0v) is 15.6. The van der Waals surface area contributed by atoms with E-state index >= 15 is 0 Å². The van der Waals surface area contributed by atoms with Crippen LogP contribution in [0.5, 0.6) is 0 Å². The third kappa shape index (κ3) is 4.66. The highest BCUT2D eigenvalue weighted by molar-refractivity contribution is 6.01. The summed E-state index contributed by atoms with van der Waals surface area (Å²) in [4.78, 5) is 38.9. The van der Waals surface area contributed by atoms with Gasteiger partial charge in [0.25, 0.3) is 0 Å². The largest absolute Gasteiger partial charge is 0.465 e. The molecular weight excluding hydrogens is 348 g/mol. The van der Waals surface area contributed by atoms with Crippen LogP contribution in [0.15, 0.2) is 24.3 Å². The lowest BCUT2D eigenvalue weighted by Gasteiger charge is -2.33. The van der Waals surface area contributed by atoms with Gasteiger partial charge in [-0.3, -0.25) is 9.59 Å². The molecule has 7 heteroatoms. The van der Waals surface area contributed by atoms with Crippen LogP contribution >= 0.6 is 0 Å². The van der Waals surface area contributed by atoms with Crippen molar-refractivity contribution in [3.8, 4) is 0 Å². The highest BCUT2D eigenvalue weighted by Crippen LogP contribution is 2.31. The average molecular weight is 374 g/mol. The number of ether oxygens (including phenoxy) is 2. The van der Waals surface area contributed by atoms with Crippen LogP contribution in [0, 0.1) is 11.8 Å². The van der Waals surface area contributed by atoms with Crippen molar-refractivity contribution in [3.05, 3.63) is 29.8 Å². The highest BCUT2D eigenvalue weighted by Gasteiger charge is 2.33. The summed E-state index contributed by atoms with van der Waals surface area (Å²) in [6.07, 6.45) is 2.78. The van der Waals surface area contributed by atoms with Crippen molar-refractivity contribution in [2.45, 2.75) is 25.7 Å². The molecule has 27 heavy (non-hydrogen) atoms. The molecule has 1 aliphatic heterocycles. The van der Waals surface area contributed by atoms with Crippen LogP contribution in [0.2, 0.25) is 0 Å². The molecule has 1 aromatic rings. The zero-order chi connectivity index (χ0) is 19.2. The number of morpholine rings is 1. The van der Waals surface area contributed by atoms with Crippen molar-refractivity contribution in [3.63, 3.8) is 0 Å². The van der Waals surface area contributed by atoms with Gasteiger partial charge < -0.3 is 19.7 Å². The predicted octanol–water partition coefficient (Wildman–Crippen LogP) is 2.08. The highest BCUT2D eigenvalue weighted by atomic mass is 16.5. The first kappa shape index (κ1) is 19.4. The molecule has 0 spiro atoms. The normalized spacial score (nSPS) is 22.8. The number of methoxy groups -OCH3 is 1. The number of hydrogen-bond acceptors (Lipinski definition) is 5. The number of esters is 1. The first-order valence-electron chi connectivity index (χ1n) is 9.45. The lowest BCUT2D eigenvalue weighted by Crippen LogP contribution is -2.44. The number of rotatable bonds is 4. The van der Waals surface area contributed by atoms with E-state index in [4.69, 9.17) is 9.47 Å². The van der Waals surface area contributed by atoms with Gasteiger partial charge in [-0.15, -0.1) is 0 Å². The van der Waals surface area contributed by atoms with Crippen molar-refractivity contribution in [2.75, 3.05) is 38.7 Å². The van der Waals surface area contributed by atoms with E-state index < -0.39 is 5.97 Å². The van der Waals surface area contributed by atoms with Crippen LogP contribution in [-0.4, -0.2) is 56.1 Å². The molecule has 2 amide bonds. The monoisotopic (exact) mass is 374 g/mol. The average Bonchev–Trinajstić information content (AvgIpc) is 2.73. The molecule has 0 unspecified atom stereocenters. The molecule has 7 nitrogen and oxygen atoms in total. The fraction of sp³-hybridized carbons (Fsp3) is 0.550. The Morgan fingerprint density at radius 1 is 1.04 bits per heavy atom. The number of carbonyl (C=O) groups is 3. The summed E-state index contributed by atoms with van der Waals surface area (Å²) in [6, 6.07) is 6.81. The van der Waals surface area contributed by atoms with Gasteiger partial charge in [0, 0.05) is 24.9 Å². The maximum absolute atomic E-state index is 12.6. The summed E-state index contributed by atoms with van der Waals surface area (Å²) >= 11 is 0. The molecule has 1 saturated carbocycles. The summed E-state index contributed by atoms with van der Waals surface area (Å²) in [5, 5.41) is 2.85. The number of amides is 2. The van der Waals surface area contributed by atoms with Crippen LogP contribution in [0.4, 0.5) is 5.69 Å². The third-order valence-electron chi connectivity index (χ3n) is 5.36. The Bertz CT molecular complexity index is 691. The van der Waals surface area contributed by atoms with Gasteiger partial charge in [0.1, 0.15) is 0 Å². The number of para-hydroxylation sites is 1. The van der Waals surface area contributed by atoms with E-state index in [-0.39, 0.29) is 23.7 Å². The lowest BCUT2D eigenvalue weighted by atomic mass is 9.80. The van der Waals surface area contributed by atoms with Gasteiger partial charge in [0.2, 0.25) is 11.8 Å². The van der Waals surface area contributed by atoms with Crippen LogP contribution in [-0.2, 0) is 19.1 Å². The molecule has 3 rings (SSSR count). The molecule has 2 aliphatic rings. The number of carbonyl (C=O) groups excluding carboxylic acids is 3. The van der Waals surface area contributed by atoms with Crippen LogP contribution in [0.3, 0.4) is 0 Å². The van der Waals surface area contributed by atoms with E-state index in [1.54, 1.807) is 24.3 Å². The van der Waals surface area contributed by atoms with Gasteiger partial charge >= 0.3 is 5.97 Å². The molecule has 0 atom stereocenters. The molecule has 1 aromatic carbocycles. The molecule has 1 saturated heterocycles. The van der Waals surface area contributed by atoms with Gasteiger partial charge in [0.15, 0.2) is 0 Å². The zero-order valence-electron chi connectivity index (χ0n) is 15.6. The fourth-order valence-electron chi connectivity index (χ4n) is 3.76. The van der Waals surface area contributed by atoms with Gasteiger partial charge in [-0.1, -0.05) is 12.1 Å². The molecule has 2 fully saturated rings. The topological polar surface area (TPSA) is 84.9 Å². The van der Waals surface area contributed by atoms with Crippen molar-refractivity contribution in [1.82, 2.24) is 4.90 Å². The van der Waals surface area contributed by atoms with Crippen molar-refractivity contribution in [1.29, 1.82) is 0 Å². The Labute approximate surface area is 159 Å². The van der Waals surface area contributed by atoms with Crippen LogP contribution < -0.4 is 5.32 Å². The Morgan fingerprint density at radius 3 is 2.33 bits per heavy atom. The summed E-state index contributed by atoms with van der Waals surface area (Å²) in [5.41, 5.74) is 0.797. The second-order valence-corrected chi connectivity index (χ2v) is 7.01. The summed E-state index contributed by atoms with van der Waals surface area (Å²) < 4.78 is 10.1. The molecule has 146 valence electrons. The fourth-order valence-corrected chi connectivity index (χ4v) is 3.76. The summed E-state index contributed by atoms with van der Waals surface area (Å²) in [5.74, 6) is -0.554.